The van der Waals surface area contributed by atoms with Crippen molar-refractivity contribution in [2.75, 3.05) is 7.11 Å². The molecule has 5 heteroatoms. The van der Waals surface area contributed by atoms with Gasteiger partial charge in [0, 0.05) is 15.6 Å². The first-order valence-corrected chi connectivity index (χ1v) is 12.3. The molecule has 0 heterocycles. The fourth-order valence-electron chi connectivity index (χ4n) is 10.7. The molecule has 8 fully saturated rings. The van der Waals surface area contributed by atoms with Gasteiger partial charge in [0.05, 0.1) is 7.11 Å². The monoisotopic (exact) mass is 482 g/mol. The largest absolute Gasteiger partial charge is 0.468 e. The molecule has 26 heavy (non-hydrogen) atoms. The van der Waals surface area contributed by atoms with E-state index in [1.54, 1.807) is 0 Å². The number of hydrogen-bond acceptors (Lipinski definition) is 3. The van der Waals surface area contributed by atoms with Gasteiger partial charge in [0.25, 0.3) is 0 Å². The van der Waals surface area contributed by atoms with E-state index >= 15 is 0 Å². The highest BCUT2D eigenvalue weighted by molar-refractivity contribution is 9.09. The van der Waals surface area contributed by atoms with Crippen molar-refractivity contribution < 1.29 is 14.3 Å². The average molecular weight is 484 g/mol. The van der Waals surface area contributed by atoms with Crippen LogP contribution in [0, 0.1) is 70.5 Å². The Hall–Kier alpha value is 0.1000. The summed E-state index contributed by atoms with van der Waals surface area (Å²) in [7, 11) is 1.51. The second-order valence-corrected chi connectivity index (χ2v) is 12.6. The maximum atomic E-state index is 14.0. The van der Waals surface area contributed by atoms with Crippen LogP contribution in [0.1, 0.15) is 25.7 Å². The van der Waals surface area contributed by atoms with Crippen molar-refractivity contribution in [3.63, 3.8) is 0 Å². The fourth-order valence-corrected chi connectivity index (χ4v) is 12.7. The molecule has 8 saturated carbocycles. The van der Waals surface area contributed by atoms with Gasteiger partial charge >= 0.3 is 5.97 Å². The van der Waals surface area contributed by atoms with Gasteiger partial charge in [0.2, 0.25) is 0 Å². The van der Waals surface area contributed by atoms with Crippen molar-refractivity contribution >= 4 is 43.6 Å². The van der Waals surface area contributed by atoms with Crippen LogP contribution in [0.3, 0.4) is 0 Å². The number of halogens is 2. The van der Waals surface area contributed by atoms with Gasteiger partial charge in [-0.25, -0.2) is 0 Å². The molecule has 14 unspecified atom stereocenters. The van der Waals surface area contributed by atoms with E-state index in [-0.39, 0.29) is 23.7 Å². The molecule has 3 nitrogen and oxygen atoms in total. The fraction of sp³-hybridized carbons (Fsp3) is 0.905. The zero-order valence-electron chi connectivity index (χ0n) is 14.8. The van der Waals surface area contributed by atoms with Crippen molar-refractivity contribution in [3.8, 4) is 0 Å². The van der Waals surface area contributed by atoms with Crippen LogP contribution in [-0.2, 0) is 14.3 Å². The molecule has 0 aromatic carbocycles. The third-order valence-electron chi connectivity index (χ3n) is 10.5. The smallest absolute Gasteiger partial charge is 0.319 e. The van der Waals surface area contributed by atoms with Crippen molar-refractivity contribution in [2.45, 2.75) is 35.3 Å². The van der Waals surface area contributed by atoms with Gasteiger partial charge in [-0.05, 0) is 84.9 Å². The van der Waals surface area contributed by atoms with Crippen LogP contribution in [-0.4, -0.2) is 28.5 Å². The van der Waals surface area contributed by atoms with E-state index in [4.69, 9.17) is 4.74 Å². The van der Waals surface area contributed by atoms with Crippen LogP contribution in [0.4, 0.5) is 0 Å². The van der Waals surface area contributed by atoms with Gasteiger partial charge < -0.3 is 4.74 Å². The summed E-state index contributed by atoms with van der Waals surface area (Å²) in [5.74, 6) is 5.56. The first-order valence-electron chi connectivity index (χ1n) is 10.5. The lowest BCUT2D eigenvalue weighted by atomic mass is 9.56. The third-order valence-corrected chi connectivity index (χ3v) is 12.6. The van der Waals surface area contributed by atoms with E-state index in [1.165, 1.54) is 32.8 Å². The number of methoxy groups -OCH3 is 1. The molecule has 0 aromatic rings. The second kappa shape index (κ2) is 4.63. The standard InChI is InChI=1S/C21H24Br2O3/c1-26-20(25)21-17-7-3-5-8(22)10(7)13-15(17)14-12(16(13)19(21)24)6-2-4-9(23)11(6)18(14)21/h6-18H,2-5H2,1H3. The van der Waals surface area contributed by atoms with Crippen LogP contribution >= 0.6 is 31.9 Å². The Kier molecular flexibility index (Phi) is 2.84. The van der Waals surface area contributed by atoms with Crippen LogP contribution in [0.2, 0.25) is 0 Å². The molecule has 8 rings (SSSR count). The molecule has 0 saturated heterocycles. The van der Waals surface area contributed by atoms with Crippen LogP contribution in [0.25, 0.3) is 0 Å². The van der Waals surface area contributed by atoms with Gasteiger partial charge in [-0.15, -0.1) is 0 Å². The summed E-state index contributed by atoms with van der Waals surface area (Å²) in [5.41, 5.74) is -0.798. The van der Waals surface area contributed by atoms with Gasteiger partial charge in [-0.3, -0.25) is 9.59 Å². The highest BCUT2D eigenvalue weighted by Crippen LogP contribution is 2.87. The zero-order valence-corrected chi connectivity index (χ0v) is 18.0. The zero-order chi connectivity index (χ0) is 17.7. The van der Waals surface area contributed by atoms with E-state index in [1.807, 2.05) is 0 Å². The van der Waals surface area contributed by atoms with Gasteiger partial charge in [0.1, 0.15) is 5.41 Å². The summed E-state index contributed by atoms with van der Waals surface area (Å²) in [6.07, 6.45) is 4.85. The van der Waals surface area contributed by atoms with E-state index in [0.29, 0.717) is 62.8 Å². The molecule has 14 atom stereocenters. The molecule has 8 bridgehead atoms. The number of ketones is 1. The van der Waals surface area contributed by atoms with Crippen molar-refractivity contribution in [3.05, 3.63) is 0 Å². The third kappa shape index (κ3) is 1.28. The van der Waals surface area contributed by atoms with Crippen molar-refractivity contribution in [1.29, 1.82) is 0 Å². The van der Waals surface area contributed by atoms with Crippen molar-refractivity contribution in [1.82, 2.24) is 0 Å². The Balaban J connectivity index is 1.51. The number of fused-ring (bicyclic) bond motifs is 2. The maximum Gasteiger partial charge on any atom is 0.319 e. The molecule has 0 radical (unpaired) electrons. The molecule has 0 spiro atoms. The highest BCUT2D eigenvalue weighted by Gasteiger charge is 2.90. The van der Waals surface area contributed by atoms with Crippen LogP contribution < -0.4 is 0 Å². The number of carbonyl (C=O) groups excluding carboxylic acids is 2. The summed E-state index contributed by atoms with van der Waals surface area (Å²) in [4.78, 5) is 28.4. The normalized spacial score (nSPS) is 68.0. The summed E-state index contributed by atoms with van der Waals surface area (Å²) in [5, 5.41) is 0. The number of Topliss-reactive ketones (excluding diaryl/α,β-unsaturated/α-hetero) is 1. The first kappa shape index (κ1) is 16.0. The Morgan fingerprint density at radius 2 is 1.54 bits per heavy atom. The van der Waals surface area contributed by atoms with E-state index in [9.17, 15) is 9.59 Å². The summed E-state index contributed by atoms with van der Waals surface area (Å²) in [6, 6.07) is 0. The lowest BCUT2D eigenvalue weighted by Crippen LogP contribution is -2.56. The minimum atomic E-state index is -0.798. The molecule has 0 aromatic heterocycles. The minimum Gasteiger partial charge on any atom is -0.468 e. The summed E-state index contributed by atoms with van der Waals surface area (Å²) >= 11 is 7.94. The van der Waals surface area contributed by atoms with Gasteiger partial charge in [0.15, 0.2) is 5.78 Å². The summed E-state index contributed by atoms with van der Waals surface area (Å²) in [6.45, 7) is 0. The number of carbonyl (C=O) groups is 2. The summed E-state index contributed by atoms with van der Waals surface area (Å²) < 4.78 is 5.42. The first-order chi connectivity index (χ1) is 12.5. The Labute approximate surface area is 170 Å². The van der Waals surface area contributed by atoms with E-state index < -0.39 is 5.41 Å². The van der Waals surface area contributed by atoms with Gasteiger partial charge in [-0.2, -0.15) is 0 Å². The van der Waals surface area contributed by atoms with E-state index in [0.717, 1.165) is 0 Å². The van der Waals surface area contributed by atoms with Crippen LogP contribution in [0.5, 0.6) is 0 Å². The molecule has 0 aliphatic heterocycles. The molecule has 0 amide bonds. The SMILES string of the molecule is COC(=O)C12C(=O)C3C4C5CCC(Br)C5C1C4C1C3C3C(Br)CCC3C12. The molecular weight excluding hydrogens is 460 g/mol. The number of hydrogen-bond donors (Lipinski definition) is 0. The molecule has 8 aliphatic carbocycles. The molecule has 8 aliphatic rings. The molecular formula is C21H24Br2O3. The number of alkyl halides is 2. The Morgan fingerprint density at radius 1 is 0.885 bits per heavy atom. The van der Waals surface area contributed by atoms with E-state index in [2.05, 4.69) is 31.9 Å². The number of ether oxygens (including phenoxy) is 1. The second-order valence-electron chi connectivity index (χ2n) is 10.3. The Bertz CT molecular complexity index is 754. The predicted molar refractivity (Wildman–Crippen MR) is 102 cm³/mol. The highest BCUT2D eigenvalue weighted by atomic mass is 79.9. The minimum absolute atomic E-state index is 0.151. The van der Waals surface area contributed by atoms with Crippen molar-refractivity contribution in [2.24, 2.45) is 70.5 Å². The van der Waals surface area contributed by atoms with Crippen LogP contribution in [0.15, 0.2) is 0 Å². The topological polar surface area (TPSA) is 43.4 Å². The predicted octanol–water partition coefficient (Wildman–Crippen LogP) is 3.68. The molecule has 140 valence electrons. The quantitative estimate of drug-likeness (QED) is 0.324. The number of rotatable bonds is 1. The maximum absolute atomic E-state index is 14.0. The lowest BCUT2D eigenvalue weighted by molar-refractivity contribution is -0.172. The van der Waals surface area contributed by atoms with Gasteiger partial charge in [-0.1, -0.05) is 31.9 Å². The Morgan fingerprint density at radius 3 is 2.27 bits per heavy atom. The number of esters is 1. The molecule has 0 N–H and O–H groups in total. The average Bonchev–Trinajstić information content (AvgIpc) is 3.37. The lowest BCUT2D eigenvalue weighted by Gasteiger charge is -2.44.